The molecule has 1 heterocycles. The molecule has 1 aromatic carbocycles. The van der Waals surface area contributed by atoms with Crippen LogP contribution in [-0.4, -0.2) is 13.0 Å². The van der Waals surface area contributed by atoms with Crippen molar-refractivity contribution in [2.75, 3.05) is 12.4 Å². The summed E-state index contributed by atoms with van der Waals surface area (Å²) in [5.74, 6) is 0.0469. The van der Waals surface area contributed by atoms with Crippen LogP contribution in [-0.2, 0) is 6.54 Å². The number of rotatable bonds is 5. The number of nitrogens with two attached hydrogens (primary N) is 1. The van der Waals surface area contributed by atoms with Gasteiger partial charge in [-0.3, -0.25) is 9.59 Å². The van der Waals surface area contributed by atoms with E-state index in [4.69, 9.17) is 14.9 Å². The number of anilines is 1. The van der Waals surface area contributed by atoms with Gasteiger partial charge in [-0.05, 0) is 12.1 Å². The first kappa shape index (κ1) is 13.7. The number of carbonyl (C=O) groups is 1. The van der Waals surface area contributed by atoms with Crippen LogP contribution in [0.4, 0.5) is 5.69 Å². The quantitative estimate of drug-likeness (QED) is 0.858. The molecule has 0 spiro atoms. The van der Waals surface area contributed by atoms with E-state index >= 15 is 0 Å². The third-order valence-electron chi connectivity index (χ3n) is 2.72. The van der Waals surface area contributed by atoms with E-state index in [1.807, 2.05) is 0 Å². The number of hydrogen-bond donors (Lipinski definition) is 2. The van der Waals surface area contributed by atoms with Gasteiger partial charge in [-0.25, -0.2) is 0 Å². The van der Waals surface area contributed by atoms with Crippen LogP contribution in [0.5, 0.6) is 5.75 Å². The van der Waals surface area contributed by atoms with Gasteiger partial charge in [0.1, 0.15) is 12.0 Å². The summed E-state index contributed by atoms with van der Waals surface area (Å²) in [6.07, 6.45) is 1.25. The highest BCUT2D eigenvalue weighted by Crippen LogP contribution is 2.15. The average molecular weight is 274 g/mol. The number of carbonyl (C=O) groups excluding carboxylic acids is 1. The van der Waals surface area contributed by atoms with Crippen molar-refractivity contribution < 1.29 is 13.9 Å². The van der Waals surface area contributed by atoms with Crippen LogP contribution in [0.25, 0.3) is 0 Å². The molecule has 1 aromatic heterocycles. The Labute approximate surface area is 115 Å². The fourth-order valence-corrected chi connectivity index (χ4v) is 1.71. The van der Waals surface area contributed by atoms with Gasteiger partial charge in [-0.2, -0.15) is 0 Å². The van der Waals surface area contributed by atoms with E-state index < -0.39 is 5.91 Å². The monoisotopic (exact) mass is 274 g/mol. The van der Waals surface area contributed by atoms with Gasteiger partial charge in [0.25, 0.3) is 5.91 Å². The average Bonchev–Trinajstić information content (AvgIpc) is 2.45. The van der Waals surface area contributed by atoms with E-state index in [-0.39, 0.29) is 17.7 Å². The fraction of sp³-hybridized carbons (Fsp3) is 0.143. The Kier molecular flexibility index (Phi) is 4.05. The second-order valence-electron chi connectivity index (χ2n) is 4.04. The molecule has 0 aliphatic heterocycles. The Morgan fingerprint density at radius 2 is 2.15 bits per heavy atom. The number of nitrogens with one attached hydrogen (secondary N) is 1. The van der Waals surface area contributed by atoms with Crippen LogP contribution >= 0.6 is 0 Å². The minimum Gasteiger partial charge on any atom is -0.490 e. The fourth-order valence-electron chi connectivity index (χ4n) is 1.71. The van der Waals surface area contributed by atoms with Gasteiger partial charge in [0.2, 0.25) is 11.2 Å². The number of ether oxygens (including phenoxy) is 1. The Balaban J connectivity index is 2.15. The van der Waals surface area contributed by atoms with Crippen molar-refractivity contribution in [1.82, 2.24) is 0 Å². The largest absolute Gasteiger partial charge is 0.490 e. The van der Waals surface area contributed by atoms with Crippen molar-refractivity contribution in [1.29, 1.82) is 0 Å². The predicted molar refractivity (Wildman–Crippen MR) is 73.8 cm³/mol. The summed E-state index contributed by atoms with van der Waals surface area (Å²) in [6.45, 7) is 0.253. The Bertz CT molecular complexity index is 679. The number of primary amides is 1. The smallest absolute Gasteiger partial charge is 0.250 e. The van der Waals surface area contributed by atoms with E-state index in [2.05, 4.69) is 5.32 Å². The summed E-state index contributed by atoms with van der Waals surface area (Å²) in [5.41, 5.74) is 5.97. The SMILES string of the molecule is COc1coc(CNc2ccccc2C(N)=O)cc1=O. The summed E-state index contributed by atoms with van der Waals surface area (Å²) in [4.78, 5) is 22.8. The Hall–Kier alpha value is -2.76. The van der Waals surface area contributed by atoms with E-state index in [1.165, 1.54) is 19.4 Å². The molecule has 0 atom stereocenters. The van der Waals surface area contributed by atoms with Crippen molar-refractivity contribution in [2.45, 2.75) is 6.54 Å². The van der Waals surface area contributed by atoms with Gasteiger partial charge < -0.3 is 20.2 Å². The number of hydrogen-bond acceptors (Lipinski definition) is 5. The molecule has 0 saturated heterocycles. The maximum atomic E-state index is 11.6. The molecular weight excluding hydrogens is 260 g/mol. The van der Waals surface area contributed by atoms with Gasteiger partial charge in [0, 0.05) is 11.8 Å². The van der Waals surface area contributed by atoms with Crippen molar-refractivity contribution in [3.63, 3.8) is 0 Å². The molecule has 2 rings (SSSR count). The highest BCUT2D eigenvalue weighted by Gasteiger charge is 2.08. The first-order valence-corrected chi connectivity index (χ1v) is 5.90. The van der Waals surface area contributed by atoms with Gasteiger partial charge in [0.05, 0.1) is 19.2 Å². The van der Waals surface area contributed by atoms with Gasteiger partial charge in [-0.1, -0.05) is 12.1 Å². The standard InChI is InChI=1S/C14H14N2O4/c1-19-13-8-20-9(6-12(13)17)7-16-11-5-3-2-4-10(11)14(15)18/h2-6,8,16H,7H2,1H3,(H2,15,18). The van der Waals surface area contributed by atoms with Crippen LogP contribution in [0.2, 0.25) is 0 Å². The molecule has 0 fully saturated rings. The minimum atomic E-state index is -0.524. The predicted octanol–water partition coefficient (Wildman–Crippen LogP) is 1.36. The Morgan fingerprint density at radius 1 is 1.40 bits per heavy atom. The maximum Gasteiger partial charge on any atom is 0.250 e. The third-order valence-corrected chi connectivity index (χ3v) is 2.72. The molecule has 0 bridgehead atoms. The van der Waals surface area contributed by atoms with Crippen LogP contribution < -0.4 is 21.2 Å². The molecule has 1 amide bonds. The zero-order valence-corrected chi connectivity index (χ0v) is 10.9. The number of para-hydroxylation sites is 1. The summed E-state index contributed by atoms with van der Waals surface area (Å²) < 4.78 is 10.1. The molecule has 0 radical (unpaired) electrons. The molecule has 6 heteroatoms. The second kappa shape index (κ2) is 5.92. The third kappa shape index (κ3) is 2.97. The lowest BCUT2D eigenvalue weighted by Crippen LogP contribution is -2.14. The minimum absolute atomic E-state index is 0.145. The summed E-state index contributed by atoms with van der Waals surface area (Å²) in [5, 5.41) is 3.00. The van der Waals surface area contributed by atoms with Crippen LogP contribution in [0.1, 0.15) is 16.1 Å². The van der Waals surface area contributed by atoms with Crippen LogP contribution in [0.15, 0.2) is 45.8 Å². The van der Waals surface area contributed by atoms with Gasteiger partial charge >= 0.3 is 0 Å². The maximum absolute atomic E-state index is 11.6. The van der Waals surface area contributed by atoms with Crippen molar-refractivity contribution >= 4 is 11.6 Å². The first-order valence-electron chi connectivity index (χ1n) is 5.90. The highest BCUT2D eigenvalue weighted by molar-refractivity contribution is 5.98. The Morgan fingerprint density at radius 3 is 2.80 bits per heavy atom. The summed E-state index contributed by atoms with van der Waals surface area (Å²) in [7, 11) is 1.40. The van der Waals surface area contributed by atoms with E-state index in [1.54, 1.807) is 24.3 Å². The molecule has 0 aliphatic carbocycles. The van der Waals surface area contributed by atoms with E-state index in [0.717, 1.165) is 0 Å². The zero-order valence-electron chi connectivity index (χ0n) is 10.9. The van der Waals surface area contributed by atoms with Crippen LogP contribution in [0, 0.1) is 0 Å². The first-order chi connectivity index (χ1) is 9.61. The summed E-state index contributed by atoms with van der Waals surface area (Å²) in [6, 6.07) is 8.17. The molecule has 2 aromatic rings. The topological polar surface area (TPSA) is 94.6 Å². The van der Waals surface area contributed by atoms with Crippen molar-refractivity contribution in [3.8, 4) is 5.75 Å². The lowest BCUT2D eigenvalue weighted by molar-refractivity contribution is 0.100. The van der Waals surface area contributed by atoms with Crippen molar-refractivity contribution in [3.05, 3.63) is 58.1 Å². The van der Waals surface area contributed by atoms with E-state index in [0.29, 0.717) is 17.0 Å². The lowest BCUT2D eigenvalue weighted by Gasteiger charge is -2.09. The number of amides is 1. The molecule has 0 aliphatic rings. The molecule has 0 saturated carbocycles. The molecule has 6 nitrogen and oxygen atoms in total. The lowest BCUT2D eigenvalue weighted by atomic mass is 10.1. The number of methoxy groups -OCH3 is 1. The van der Waals surface area contributed by atoms with Crippen molar-refractivity contribution in [2.24, 2.45) is 5.73 Å². The zero-order chi connectivity index (χ0) is 14.5. The van der Waals surface area contributed by atoms with Gasteiger partial charge in [0.15, 0.2) is 0 Å². The molecular formula is C14H14N2O4. The summed E-state index contributed by atoms with van der Waals surface area (Å²) >= 11 is 0. The highest BCUT2D eigenvalue weighted by atomic mass is 16.5. The number of benzene rings is 1. The molecule has 0 unspecified atom stereocenters. The molecule has 104 valence electrons. The van der Waals surface area contributed by atoms with E-state index in [9.17, 15) is 9.59 Å². The second-order valence-corrected chi connectivity index (χ2v) is 4.04. The van der Waals surface area contributed by atoms with Crippen LogP contribution in [0.3, 0.4) is 0 Å². The normalized spacial score (nSPS) is 10.1. The molecule has 20 heavy (non-hydrogen) atoms. The molecule has 3 N–H and O–H groups in total. The van der Waals surface area contributed by atoms with Gasteiger partial charge in [-0.15, -0.1) is 0 Å².